The molecule has 13 heavy (non-hydrogen) atoms. The molecule has 0 heterocycles. The first-order valence-electron chi connectivity index (χ1n) is 3.05. The summed E-state index contributed by atoms with van der Waals surface area (Å²) < 4.78 is 15.1. The SMILES string of the molecule is O=P(O)(Cl)Oc1ccc(Cl)c(Cl)c1. The molecule has 1 atom stereocenters. The highest BCUT2D eigenvalue weighted by Crippen LogP contribution is 2.48. The molecule has 7 heteroatoms. The molecule has 0 saturated carbocycles. The first kappa shape index (κ1) is 11.2. The summed E-state index contributed by atoms with van der Waals surface area (Å²) in [6, 6.07) is 4.13. The molecule has 0 aliphatic carbocycles. The maximum Gasteiger partial charge on any atom is 0.474 e. The second kappa shape index (κ2) is 4.07. The van der Waals surface area contributed by atoms with Gasteiger partial charge < -0.3 is 9.42 Å². The molecule has 0 amide bonds. The van der Waals surface area contributed by atoms with Crippen LogP contribution in [0.3, 0.4) is 0 Å². The van der Waals surface area contributed by atoms with Gasteiger partial charge in [-0.1, -0.05) is 23.2 Å². The Morgan fingerprint density at radius 1 is 1.31 bits per heavy atom. The molecule has 3 nitrogen and oxygen atoms in total. The molecule has 0 fully saturated rings. The van der Waals surface area contributed by atoms with E-state index >= 15 is 0 Å². The van der Waals surface area contributed by atoms with Crippen molar-refractivity contribution >= 4 is 41.4 Å². The summed E-state index contributed by atoms with van der Waals surface area (Å²) in [7, 11) is 0. The van der Waals surface area contributed by atoms with E-state index in [4.69, 9.17) is 39.3 Å². The fourth-order valence-corrected chi connectivity index (χ4v) is 1.56. The Morgan fingerprint density at radius 2 is 1.92 bits per heavy atom. The largest absolute Gasteiger partial charge is 0.474 e. The number of rotatable bonds is 2. The molecule has 0 radical (unpaired) electrons. The van der Waals surface area contributed by atoms with Gasteiger partial charge in [-0.25, -0.2) is 4.57 Å². The zero-order valence-corrected chi connectivity index (χ0v) is 9.24. The molecular weight excluding hydrogens is 257 g/mol. The van der Waals surface area contributed by atoms with Gasteiger partial charge in [0.05, 0.1) is 10.0 Å². The summed E-state index contributed by atoms with van der Waals surface area (Å²) in [4.78, 5) is 8.65. The third kappa shape index (κ3) is 3.75. The van der Waals surface area contributed by atoms with E-state index in [9.17, 15) is 4.57 Å². The molecule has 1 aromatic rings. The third-order valence-corrected chi connectivity index (χ3v) is 2.49. The Kier molecular flexibility index (Phi) is 3.50. The monoisotopic (exact) mass is 260 g/mol. The van der Waals surface area contributed by atoms with Crippen molar-refractivity contribution in [1.29, 1.82) is 0 Å². The molecule has 1 unspecified atom stereocenters. The molecule has 0 saturated heterocycles. The second-order valence-corrected chi connectivity index (χ2v) is 5.30. The maximum absolute atomic E-state index is 10.6. The smallest absolute Gasteiger partial charge is 0.413 e. The first-order valence-corrected chi connectivity index (χ1v) is 6.29. The van der Waals surface area contributed by atoms with Crippen molar-refractivity contribution in [2.24, 2.45) is 0 Å². The van der Waals surface area contributed by atoms with Crippen molar-refractivity contribution in [2.75, 3.05) is 0 Å². The summed E-state index contributed by atoms with van der Waals surface area (Å²) in [5, 5.41) is 0.556. The lowest BCUT2D eigenvalue weighted by molar-refractivity contribution is 0.401. The standard InChI is InChI=1S/C6H4Cl3O3P/c7-5-2-1-4(3-6(5)8)12-13(9,10)11/h1-3H,(H,10,11). The molecule has 1 aromatic carbocycles. The average molecular weight is 261 g/mol. The lowest BCUT2D eigenvalue weighted by Crippen LogP contribution is -1.85. The normalized spacial score (nSPS) is 15.1. The highest BCUT2D eigenvalue weighted by molar-refractivity contribution is 7.80. The number of hydrogen-bond acceptors (Lipinski definition) is 2. The van der Waals surface area contributed by atoms with Crippen LogP contribution in [0.25, 0.3) is 0 Å². The quantitative estimate of drug-likeness (QED) is 0.825. The van der Waals surface area contributed by atoms with Gasteiger partial charge in [-0.15, -0.1) is 0 Å². The molecule has 0 aliphatic rings. The zero-order chi connectivity index (χ0) is 10.1. The van der Waals surface area contributed by atoms with E-state index in [-0.39, 0.29) is 10.8 Å². The van der Waals surface area contributed by atoms with Gasteiger partial charge in [0.15, 0.2) is 0 Å². The summed E-state index contributed by atoms with van der Waals surface area (Å²) in [5.74, 6) is 0.0928. The van der Waals surface area contributed by atoms with Crippen LogP contribution in [0.15, 0.2) is 18.2 Å². The average Bonchev–Trinajstić information content (AvgIpc) is 1.94. The lowest BCUT2D eigenvalue weighted by Gasteiger charge is -2.06. The van der Waals surface area contributed by atoms with E-state index in [1.165, 1.54) is 18.2 Å². The van der Waals surface area contributed by atoms with Crippen molar-refractivity contribution in [3.63, 3.8) is 0 Å². The van der Waals surface area contributed by atoms with Crippen molar-refractivity contribution in [3.8, 4) is 5.75 Å². The number of hydrogen-bond donors (Lipinski definition) is 1. The zero-order valence-electron chi connectivity index (χ0n) is 6.08. The van der Waals surface area contributed by atoms with E-state index < -0.39 is 6.95 Å². The van der Waals surface area contributed by atoms with Gasteiger partial charge in [0.25, 0.3) is 0 Å². The van der Waals surface area contributed by atoms with Crippen molar-refractivity contribution in [3.05, 3.63) is 28.2 Å². The van der Waals surface area contributed by atoms with Crippen LogP contribution in [-0.4, -0.2) is 4.89 Å². The molecule has 0 spiro atoms. The fourth-order valence-electron chi connectivity index (χ4n) is 0.664. The predicted octanol–water partition coefficient (Wildman–Crippen LogP) is 3.71. The minimum atomic E-state index is -4.05. The maximum atomic E-state index is 10.6. The number of benzene rings is 1. The molecule has 1 N–H and O–H groups in total. The summed E-state index contributed by atoms with van der Waals surface area (Å²) >= 11 is 16.2. The minimum absolute atomic E-state index is 0.0928. The Bertz CT molecular complexity index is 362. The van der Waals surface area contributed by atoms with Gasteiger partial charge in [-0.3, -0.25) is 0 Å². The van der Waals surface area contributed by atoms with E-state index in [1.807, 2.05) is 0 Å². The molecule has 0 aromatic heterocycles. The minimum Gasteiger partial charge on any atom is -0.413 e. The van der Waals surface area contributed by atoms with E-state index in [2.05, 4.69) is 4.52 Å². The molecule has 1 rings (SSSR count). The van der Waals surface area contributed by atoms with Crippen LogP contribution in [0.1, 0.15) is 0 Å². The first-order chi connectivity index (χ1) is 5.88. The van der Waals surface area contributed by atoms with Crippen molar-refractivity contribution in [2.45, 2.75) is 0 Å². The highest BCUT2D eigenvalue weighted by atomic mass is 35.7. The summed E-state index contributed by atoms with van der Waals surface area (Å²) in [6.07, 6.45) is 0. The molecule has 0 bridgehead atoms. The van der Waals surface area contributed by atoms with Crippen LogP contribution in [0, 0.1) is 0 Å². The van der Waals surface area contributed by atoms with Gasteiger partial charge in [-0.2, -0.15) is 0 Å². The highest BCUT2D eigenvalue weighted by Gasteiger charge is 2.16. The van der Waals surface area contributed by atoms with Crippen LogP contribution in [0.5, 0.6) is 5.75 Å². The Labute approximate surface area is 89.5 Å². The summed E-state index contributed by atoms with van der Waals surface area (Å²) in [5.41, 5.74) is 0. The predicted molar refractivity (Wildman–Crippen MR) is 52.8 cm³/mol. The van der Waals surface area contributed by atoms with Crippen molar-refractivity contribution in [1.82, 2.24) is 0 Å². The second-order valence-electron chi connectivity index (χ2n) is 2.12. The fraction of sp³-hybridized carbons (Fsp3) is 0. The Morgan fingerprint density at radius 3 is 2.38 bits per heavy atom. The Balaban J connectivity index is 2.92. The lowest BCUT2D eigenvalue weighted by atomic mass is 10.3. The molecule has 72 valence electrons. The van der Waals surface area contributed by atoms with Gasteiger partial charge in [-0.05, 0) is 12.1 Å². The van der Waals surface area contributed by atoms with Gasteiger partial charge in [0.1, 0.15) is 5.75 Å². The molecule has 0 aliphatic heterocycles. The Hall–Kier alpha value is 0.0800. The third-order valence-electron chi connectivity index (χ3n) is 1.11. The van der Waals surface area contributed by atoms with Crippen molar-refractivity contribution < 1.29 is 14.0 Å². The van der Waals surface area contributed by atoms with Crippen LogP contribution in [0.2, 0.25) is 10.0 Å². The molecular formula is C6H4Cl3O3P. The van der Waals surface area contributed by atoms with E-state index in [0.29, 0.717) is 5.02 Å². The van der Waals surface area contributed by atoms with Crippen LogP contribution < -0.4 is 4.52 Å². The van der Waals surface area contributed by atoms with Crippen LogP contribution >= 0.6 is 41.4 Å². The van der Waals surface area contributed by atoms with E-state index in [1.54, 1.807) is 0 Å². The van der Waals surface area contributed by atoms with Gasteiger partial charge in [0.2, 0.25) is 0 Å². The summed E-state index contributed by atoms with van der Waals surface area (Å²) in [6.45, 7) is -4.05. The number of halogens is 3. The van der Waals surface area contributed by atoms with Crippen LogP contribution in [-0.2, 0) is 4.57 Å². The van der Waals surface area contributed by atoms with Crippen LogP contribution in [0.4, 0.5) is 0 Å². The van der Waals surface area contributed by atoms with Gasteiger partial charge >= 0.3 is 6.95 Å². The van der Waals surface area contributed by atoms with E-state index in [0.717, 1.165) is 0 Å². The topological polar surface area (TPSA) is 46.5 Å². The van der Waals surface area contributed by atoms with Gasteiger partial charge in [0, 0.05) is 17.3 Å².